The van der Waals surface area contributed by atoms with Gasteiger partial charge in [-0.1, -0.05) is 64.7 Å². The summed E-state index contributed by atoms with van der Waals surface area (Å²) < 4.78 is 74.6. The molecule has 15 heteroatoms. The number of quaternary nitrogens is 1. The number of esters is 1. The molecule has 0 unspecified atom stereocenters. The van der Waals surface area contributed by atoms with Crippen molar-refractivity contribution in [2.45, 2.75) is 76.6 Å². The van der Waals surface area contributed by atoms with Gasteiger partial charge >= 0.3 is 29.4 Å². The minimum atomic E-state index is -6.09. The highest BCUT2D eigenvalue weighted by Gasteiger charge is 2.37. The SMILES string of the molecule is CCCCCCCCCCCCOC(=O)C[N+](C)(C)c1nc(OC)nc(OC)n1.O=S(=O)([O-])C(F)(F)F. The highest BCUT2D eigenvalue weighted by atomic mass is 32.2. The predicted molar refractivity (Wildman–Crippen MR) is 130 cm³/mol. The summed E-state index contributed by atoms with van der Waals surface area (Å²) in [7, 11) is 0.511. The number of likely N-dealkylation sites (N-methyl/N-ethyl adjacent to an activating group) is 1. The molecular formula is C22H39F3N4O7S. The third-order valence-corrected chi connectivity index (χ3v) is 5.62. The lowest BCUT2D eigenvalue weighted by molar-refractivity contribution is -0.144. The maximum Gasteiger partial charge on any atom is 0.485 e. The number of alkyl halides is 3. The van der Waals surface area contributed by atoms with E-state index in [4.69, 9.17) is 27.2 Å². The van der Waals surface area contributed by atoms with Crippen LogP contribution in [0.4, 0.5) is 19.1 Å². The normalized spacial score (nSPS) is 11.9. The summed E-state index contributed by atoms with van der Waals surface area (Å²) >= 11 is 0. The summed E-state index contributed by atoms with van der Waals surface area (Å²) in [5.74, 6) is 0.105. The molecule has 0 bridgehead atoms. The lowest BCUT2D eigenvalue weighted by Gasteiger charge is -2.25. The van der Waals surface area contributed by atoms with Crippen molar-refractivity contribution in [2.75, 3.05) is 41.5 Å². The number of methoxy groups -OCH3 is 2. The summed E-state index contributed by atoms with van der Waals surface area (Å²) in [5, 5.41) is 0. The van der Waals surface area contributed by atoms with Crippen LogP contribution in [0.1, 0.15) is 71.1 Å². The summed E-state index contributed by atoms with van der Waals surface area (Å²) in [6.07, 6.45) is 12.5. The molecule has 1 heterocycles. The summed E-state index contributed by atoms with van der Waals surface area (Å²) in [6.45, 7) is 2.82. The number of unbranched alkanes of at least 4 members (excludes halogenated alkanes) is 9. The molecule has 1 aromatic heterocycles. The molecule has 1 aromatic rings. The predicted octanol–water partition coefficient (Wildman–Crippen LogP) is 3.97. The molecule has 0 saturated heterocycles. The quantitative estimate of drug-likeness (QED) is 0.0958. The summed E-state index contributed by atoms with van der Waals surface area (Å²) in [4.78, 5) is 24.7. The zero-order valence-corrected chi connectivity index (χ0v) is 23.0. The molecule has 37 heavy (non-hydrogen) atoms. The third-order valence-electron chi connectivity index (χ3n) is 5.06. The lowest BCUT2D eigenvalue weighted by atomic mass is 10.1. The van der Waals surface area contributed by atoms with Gasteiger partial charge in [0.1, 0.15) is 0 Å². The number of aromatic nitrogens is 3. The van der Waals surface area contributed by atoms with E-state index in [0.717, 1.165) is 12.8 Å². The fourth-order valence-corrected chi connectivity index (χ4v) is 3.00. The van der Waals surface area contributed by atoms with E-state index in [9.17, 15) is 18.0 Å². The first-order chi connectivity index (χ1) is 17.2. The van der Waals surface area contributed by atoms with Crippen molar-refractivity contribution < 1.29 is 45.1 Å². The van der Waals surface area contributed by atoms with E-state index < -0.39 is 15.6 Å². The first-order valence-electron chi connectivity index (χ1n) is 12.0. The number of ether oxygens (including phenoxy) is 3. The Morgan fingerprint density at radius 3 is 1.65 bits per heavy atom. The van der Waals surface area contributed by atoms with Crippen LogP contribution in [-0.4, -0.2) is 80.9 Å². The highest BCUT2D eigenvalue weighted by Crippen LogP contribution is 2.21. The van der Waals surface area contributed by atoms with Crippen LogP contribution in [0.25, 0.3) is 0 Å². The van der Waals surface area contributed by atoms with Crippen molar-refractivity contribution in [2.24, 2.45) is 0 Å². The zero-order valence-electron chi connectivity index (χ0n) is 22.2. The standard InChI is InChI=1S/C21H39N4O4.CHF3O3S/c1-6-7-8-9-10-11-12-13-14-15-16-29-18(26)17-25(2,3)19-22-20(27-4)24-21(23-19)28-5;2-1(3,4)8(5,6)7/h6-17H2,1-5H3;(H,5,6,7)/q+1;/p-1. The van der Waals surface area contributed by atoms with Gasteiger partial charge in [0.25, 0.3) is 0 Å². The fraction of sp³-hybridized carbons (Fsp3) is 0.818. The smallest absolute Gasteiger partial charge is 0.485 e. The van der Waals surface area contributed by atoms with Gasteiger partial charge < -0.3 is 18.8 Å². The molecule has 0 atom stereocenters. The van der Waals surface area contributed by atoms with E-state index >= 15 is 0 Å². The Balaban J connectivity index is 0.00000139. The van der Waals surface area contributed by atoms with Crippen LogP contribution in [0.15, 0.2) is 0 Å². The molecule has 11 nitrogen and oxygen atoms in total. The van der Waals surface area contributed by atoms with Gasteiger partial charge in [-0.3, -0.25) is 4.48 Å². The summed E-state index contributed by atoms with van der Waals surface area (Å²) in [5.41, 5.74) is -5.65. The molecule has 0 aromatic carbocycles. The molecule has 0 fully saturated rings. The van der Waals surface area contributed by atoms with Crippen LogP contribution < -0.4 is 14.0 Å². The molecule has 0 saturated carbocycles. The Kier molecular flexibility index (Phi) is 16.2. The number of halogens is 3. The van der Waals surface area contributed by atoms with Crippen molar-refractivity contribution in [3.8, 4) is 12.0 Å². The number of carbonyl (C=O) groups is 1. The maximum atomic E-state index is 12.2. The van der Waals surface area contributed by atoms with Crippen molar-refractivity contribution in [1.29, 1.82) is 0 Å². The van der Waals surface area contributed by atoms with Gasteiger partial charge in [-0.15, -0.1) is 15.0 Å². The Morgan fingerprint density at radius 2 is 1.27 bits per heavy atom. The van der Waals surface area contributed by atoms with Crippen molar-refractivity contribution in [3.63, 3.8) is 0 Å². The largest absolute Gasteiger partial charge is 0.741 e. The van der Waals surface area contributed by atoms with E-state index in [1.165, 1.54) is 65.6 Å². The number of carbonyl (C=O) groups excluding carboxylic acids is 1. The van der Waals surface area contributed by atoms with Crippen LogP contribution in [0.3, 0.4) is 0 Å². The van der Waals surface area contributed by atoms with E-state index in [1.807, 2.05) is 14.1 Å². The van der Waals surface area contributed by atoms with E-state index in [1.54, 1.807) is 0 Å². The number of nitrogens with zero attached hydrogens (tertiary/aromatic N) is 4. The number of rotatable bonds is 16. The minimum absolute atomic E-state index is 0.117. The second kappa shape index (κ2) is 17.3. The first kappa shape index (κ1) is 34.7. The Hall–Kier alpha value is -2.26. The van der Waals surface area contributed by atoms with Crippen LogP contribution in [0.5, 0.6) is 12.0 Å². The number of hydrogen-bond donors (Lipinski definition) is 0. The van der Waals surface area contributed by atoms with E-state index in [-0.39, 0.29) is 29.0 Å². The van der Waals surface area contributed by atoms with Gasteiger partial charge in [-0.2, -0.15) is 13.2 Å². The van der Waals surface area contributed by atoms with Crippen LogP contribution in [-0.2, 0) is 19.6 Å². The van der Waals surface area contributed by atoms with Crippen LogP contribution >= 0.6 is 0 Å². The van der Waals surface area contributed by atoms with E-state index in [2.05, 4.69) is 21.9 Å². The van der Waals surface area contributed by atoms with Gasteiger partial charge in [0.2, 0.25) is 0 Å². The van der Waals surface area contributed by atoms with Gasteiger partial charge in [-0.05, 0) is 6.42 Å². The first-order valence-corrected chi connectivity index (χ1v) is 13.4. The molecule has 0 aliphatic carbocycles. The Bertz CT molecular complexity index is 879. The molecule has 0 aliphatic heterocycles. The Morgan fingerprint density at radius 1 is 0.865 bits per heavy atom. The second-order valence-corrected chi connectivity index (χ2v) is 10.1. The van der Waals surface area contributed by atoms with Crippen molar-refractivity contribution >= 4 is 22.0 Å². The third kappa shape index (κ3) is 15.6. The zero-order chi connectivity index (χ0) is 28.5. The molecule has 0 amide bonds. The Labute approximate surface area is 217 Å². The average molecular weight is 561 g/mol. The fourth-order valence-electron chi connectivity index (χ4n) is 3.00. The highest BCUT2D eigenvalue weighted by molar-refractivity contribution is 7.86. The van der Waals surface area contributed by atoms with Crippen molar-refractivity contribution in [3.05, 3.63) is 0 Å². The monoisotopic (exact) mass is 560 g/mol. The van der Waals surface area contributed by atoms with E-state index in [0.29, 0.717) is 12.6 Å². The molecule has 0 radical (unpaired) electrons. The van der Waals surface area contributed by atoms with Gasteiger partial charge in [0.15, 0.2) is 16.7 Å². The van der Waals surface area contributed by atoms with Gasteiger partial charge in [0.05, 0.1) is 34.9 Å². The molecule has 1 rings (SSSR count). The summed E-state index contributed by atoms with van der Waals surface area (Å²) in [6, 6.07) is 0.300. The molecule has 0 N–H and O–H groups in total. The van der Waals surface area contributed by atoms with Gasteiger partial charge in [-0.25, -0.2) is 13.2 Å². The molecular weight excluding hydrogens is 521 g/mol. The van der Waals surface area contributed by atoms with Crippen molar-refractivity contribution in [1.82, 2.24) is 19.4 Å². The molecule has 0 aliphatic rings. The van der Waals surface area contributed by atoms with Crippen LogP contribution in [0.2, 0.25) is 0 Å². The molecule has 216 valence electrons. The molecule has 0 spiro atoms. The van der Waals surface area contributed by atoms with Gasteiger partial charge in [0, 0.05) is 0 Å². The maximum absolute atomic E-state index is 12.2. The number of hydrogen-bond acceptors (Lipinski definition) is 10. The topological polar surface area (TPSA) is 141 Å². The van der Waals surface area contributed by atoms with Crippen LogP contribution in [0, 0.1) is 0 Å². The average Bonchev–Trinajstić information content (AvgIpc) is 2.81. The minimum Gasteiger partial charge on any atom is -0.741 e. The second-order valence-electron chi connectivity index (χ2n) is 8.75. The lowest BCUT2D eigenvalue weighted by Crippen LogP contribution is -2.46.